The van der Waals surface area contributed by atoms with E-state index in [2.05, 4.69) is 5.16 Å². The summed E-state index contributed by atoms with van der Waals surface area (Å²) in [7, 11) is 0. The van der Waals surface area contributed by atoms with Gasteiger partial charge in [0.2, 0.25) is 0 Å². The third-order valence-electron chi connectivity index (χ3n) is 2.64. The predicted octanol–water partition coefficient (Wildman–Crippen LogP) is 3.24. The van der Waals surface area contributed by atoms with Crippen LogP contribution in [0.2, 0.25) is 0 Å². The van der Waals surface area contributed by atoms with Gasteiger partial charge in [-0.1, -0.05) is 49.3 Å². The van der Waals surface area contributed by atoms with Gasteiger partial charge in [0.25, 0.3) is 0 Å². The molecule has 0 aliphatic heterocycles. The van der Waals surface area contributed by atoms with Crippen molar-refractivity contribution in [1.29, 1.82) is 0 Å². The molecule has 1 aromatic carbocycles. The number of rotatable bonds is 4. The maximum atomic E-state index is 11.1. The van der Waals surface area contributed by atoms with Crippen molar-refractivity contribution in [2.45, 2.75) is 20.3 Å². The van der Waals surface area contributed by atoms with E-state index in [-0.39, 0.29) is 5.69 Å². The molecule has 18 heavy (non-hydrogen) atoms. The fraction of sp³-hybridized carbons (Fsp3) is 0.286. The molecule has 0 saturated heterocycles. The fourth-order valence-electron chi connectivity index (χ4n) is 1.89. The highest BCUT2D eigenvalue weighted by Crippen LogP contribution is 2.28. The van der Waals surface area contributed by atoms with Crippen molar-refractivity contribution >= 4 is 5.97 Å². The molecule has 94 valence electrons. The van der Waals surface area contributed by atoms with Crippen LogP contribution in [0.1, 0.15) is 29.9 Å². The summed E-state index contributed by atoms with van der Waals surface area (Å²) in [6.45, 7) is 4.07. The second-order valence-corrected chi connectivity index (χ2v) is 4.61. The van der Waals surface area contributed by atoms with Crippen LogP contribution in [0.15, 0.2) is 34.9 Å². The molecule has 1 heterocycles. The van der Waals surface area contributed by atoms with Gasteiger partial charge in [0.15, 0.2) is 11.5 Å². The number of benzene rings is 1. The Balaban J connectivity index is 2.51. The van der Waals surface area contributed by atoms with Crippen molar-refractivity contribution in [1.82, 2.24) is 5.16 Å². The topological polar surface area (TPSA) is 63.3 Å². The first-order valence-corrected chi connectivity index (χ1v) is 5.87. The summed E-state index contributed by atoms with van der Waals surface area (Å²) in [5.41, 5.74) is 1.54. The van der Waals surface area contributed by atoms with E-state index in [9.17, 15) is 4.79 Å². The van der Waals surface area contributed by atoms with Crippen molar-refractivity contribution in [2.24, 2.45) is 5.92 Å². The molecule has 0 spiro atoms. The molecule has 0 amide bonds. The summed E-state index contributed by atoms with van der Waals surface area (Å²) in [4.78, 5) is 11.1. The number of carbonyl (C=O) groups is 1. The molecular weight excluding hydrogens is 230 g/mol. The number of hydrogen-bond donors (Lipinski definition) is 1. The molecule has 4 heteroatoms. The Hall–Kier alpha value is -2.10. The predicted molar refractivity (Wildman–Crippen MR) is 67.4 cm³/mol. The first-order valence-electron chi connectivity index (χ1n) is 5.87. The SMILES string of the molecule is CC(C)Cc1c(C(=O)O)noc1-c1ccccc1. The third kappa shape index (κ3) is 2.42. The van der Waals surface area contributed by atoms with Gasteiger partial charge in [-0.3, -0.25) is 0 Å². The lowest BCUT2D eigenvalue weighted by atomic mass is 9.98. The first kappa shape index (κ1) is 12.4. The highest BCUT2D eigenvalue weighted by Gasteiger charge is 2.22. The molecule has 4 nitrogen and oxygen atoms in total. The largest absolute Gasteiger partial charge is 0.476 e. The summed E-state index contributed by atoms with van der Waals surface area (Å²) in [5, 5.41) is 12.8. The first-order chi connectivity index (χ1) is 8.59. The minimum Gasteiger partial charge on any atom is -0.476 e. The zero-order valence-electron chi connectivity index (χ0n) is 10.4. The summed E-state index contributed by atoms with van der Waals surface area (Å²) >= 11 is 0. The van der Waals surface area contributed by atoms with E-state index in [0.717, 1.165) is 5.56 Å². The molecule has 0 aliphatic rings. The van der Waals surface area contributed by atoms with Gasteiger partial charge >= 0.3 is 5.97 Å². The lowest BCUT2D eigenvalue weighted by molar-refractivity contribution is 0.0684. The van der Waals surface area contributed by atoms with Crippen molar-refractivity contribution in [3.05, 3.63) is 41.6 Å². The van der Waals surface area contributed by atoms with Crippen LogP contribution in [0.5, 0.6) is 0 Å². The summed E-state index contributed by atoms with van der Waals surface area (Å²) < 4.78 is 5.21. The van der Waals surface area contributed by atoms with Crippen LogP contribution in [-0.4, -0.2) is 16.2 Å². The summed E-state index contributed by atoms with van der Waals surface area (Å²) in [6, 6.07) is 9.45. The van der Waals surface area contributed by atoms with Crippen molar-refractivity contribution in [2.75, 3.05) is 0 Å². The maximum absolute atomic E-state index is 11.1. The van der Waals surface area contributed by atoms with Gasteiger partial charge in [-0.2, -0.15) is 0 Å². The minimum absolute atomic E-state index is 0.0163. The molecule has 0 fully saturated rings. The van der Waals surface area contributed by atoms with E-state index in [1.165, 1.54) is 0 Å². The second kappa shape index (κ2) is 5.04. The van der Waals surface area contributed by atoms with Crippen LogP contribution in [0.25, 0.3) is 11.3 Å². The molecular formula is C14H15NO3. The van der Waals surface area contributed by atoms with Crippen LogP contribution in [-0.2, 0) is 6.42 Å². The van der Waals surface area contributed by atoms with Gasteiger partial charge in [0, 0.05) is 11.1 Å². The van der Waals surface area contributed by atoms with Gasteiger partial charge in [0.05, 0.1) is 0 Å². The van der Waals surface area contributed by atoms with E-state index in [1.54, 1.807) is 0 Å². The van der Waals surface area contributed by atoms with Crippen LogP contribution in [0.3, 0.4) is 0 Å². The Labute approximate surface area is 105 Å². The van der Waals surface area contributed by atoms with E-state index in [0.29, 0.717) is 23.7 Å². The van der Waals surface area contributed by atoms with Crippen molar-refractivity contribution < 1.29 is 14.4 Å². The zero-order valence-corrected chi connectivity index (χ0v) is 10.4. The van der Waals surface area contributed by atoms with Gasteiger partial charge in [-0.25, -0.2) is 4.79 Å². The second-order valence-electron chi connectivity index (χ2n) is 4.61. The van der Waals surface area contributed by atoms with E-state index in [4.69, 9.17) is 9.63 Å². The normalized spacial score (nSPS) is 10.8. The minimum atomic E-state index is -1.04. The van der Waals surface area contributed by atoms with Gasteiger partial charge < -0.3 is 9.63 Å². The monoisotopic (exact) mass is 245 g/mol. The molecule has 2 rings (SSSR count). The number of aromatic carboxylic acids is 1. The quantitative estimate of drug-likeness (QED) is 0.898. The molecule has 1 N–H and O–H groups in total. The molecule has 0 bridgehead atoms. The molecule has 0 atom stereocenters. The molecule has 1 aromatic heterocycles. The Morgan fingerprint density at radius 3 is 2.56 bits per heavy atom. The highest BCUT2D eigenvalue weighted by atomic mass is 16.5. The summed E-state index contributed by atoms with van der Waals surface area (Å²) in [5.74, 6) is -0.150. The molecule has 0 radical (unpaired) electrons. The zero-order chi connectivity index (χ0) is 13.1. The van der Waals surface area contributed by atoms with Crippen LogP contribution in [0, 0.1) is 5.92 Å². The van der Waals surface area contributed by atoms with Gasteiger partial charge in [-0.05, 0) is 12.3 Å². The standard InChI is InChI=1S/C14H15NO3/c1-9(2)8-11-12(14(16)17)15-18-13(11)10-6-4-3-5-7-10/h3-7,9H,8H2,1-2H3,(H,16,17). The third-order valence-corrected chi connectivity index (χ3v) is 2.64. The smallest absolute Gasteiger partial charge is 0.358 e. The van der Waals surface area contributed by atoms with Crippen molar-refractivity contribution in [3.63, 3.8) is 0 Å². The van der Waals surface area contributed by atoms with Crippen LogP contribution >= 0.6 is 0 Å². The lowest BCUT2D eigenvalue weighted by Crippen LogP contribution is -2.04. The molecule has 0 saturated carbocycles. The molecule has 2 aromatic rings. The van der Waals surface area contributed by atoms with E-state index in [1.807, 2.05) is 44.2 Å². The van der Waals surface area contributed by atoms with Gasteiger partial charge in [-0.15, -0.1) is 0 Å². The maximum Gasteiger partial charge on any atom is 0.358 e. The Morgan fingerprint density at radius 1 is 1.33 bits per heavy atom. The number of hydrogen-bond acceptors (Lipinski definition) is 3. The Kier molecular flexibility index (Phi) is 3.46. The van der Waals surface area contributed by atoms with E-state index >= 15 is 0 Å². The van der Waals surface area contributed by atoms with Gasteiger partial charge in [0.1, 0.15) is 0 Å². The van der Waals surface area contributed by atoms with Crippen LogP contribution < -0.4 is 0 Å². The number of carboxylic acids is 1. The lowest BCUT2D eigenvalue weighted by Gasteiger charge is -2.05. The number of carboxylic acid groups (broad SMARTS) is 1. The Morgan fingerprint density at radius 2 is 2.00 bits per heavy atom. The Bertz CT molecular complexity index is 543. The fourth-order valence-corrected chi connectivity index (χ4v) is 1.89. The van der Waals surface area contributed by atoms with Crippen molar-refractivity contribution in [3.8, 4) is 11.3 Å². The highest BCUT2D eigenvalue weighted by molar-refractivity contribution is 5.89. The number of nitrogens with zero attached hydrogens (tertiary/aromatic N) is 1. The molecule has 0 aliphatic carbocycles. The summed E-state index contributed by atoms with van der Waals surface area (Å²) in [6.07, 6.45) is 0.634. The number of aromatic nitrogens is 1. The van der Waals surface area contributed by atoms with Crippen LogP contribution in [0.4, 0.5) is 0 Å². The average Bonchev–Trinajstić information content (AvgIpc) is 2.73. The average molecular weight is 245 g/mol. The van der Waals surface area contributed by atoms with E-state index < -0.39 is 5.97 Å². The molecule has 0 unspecified atom stereocenters.